The van der Waals surface area contributed by atoms with E-state index in [0.717, 1.165) is 12.2 Å². The van der Waals surface area contributed by atoms with Crippen LogP contribution in [0.25, 0.3) is 0 Å². The van der Waals surface area contributed by atoms with Gasteiger partial charge in [-0.25, -0.2) is 0 Å². The van der Waals surface area contributed by atoms with Crippen molar-refractivity contribution in [1.82, 2.24) is 0 Å². The van der Waals surface area contributed by atoms with Crippen LogP contribution < -0.4 is 0 Å². The highest BCUT2D eigenvalue weighted by Gasteiger charge is 1.92. The van der Waals surface area contributed by atoms with Crippen LogP contribution in [0.1, 0.15) is 13.3 Å². The average Bonchev–Trinajstić information content (AvgIpc) is 1.99. The van der Waals surface area contributed by atoms with E-state index in [4.69, 9.17) is 0 Å². The SMILES string of the molecule is CCCS(=O)C/C=C\SSC. The molecule has 0 saturated carbocycles. The van der Waals surface area contributed by atoms with Gasteiger partial charge >= 0.3 is 0 Å². The highest BCUT2D eigenvalue weighted by atomic mass is 33.1. The summed E-state index contributed by atoms with van der Waals surface area (Å²) in [5.74, 6) is 1.54. The van der Waals surface area contributed by atoms with Crippen LogP contribution in [0.2, 0.25) is 0 Å². The van der Waals surface area contributed by atoms with E-state index < -0.39 is 10.8 Å². The third kappa shape index (κ3) is 8.50. The molecule has 0 amide bonds. The Hall–Kier alpha value is 0.590. The van der Waals surface area contributed by atoms with Gasteiger partial charge in [-0.3, -0.25) is 4.21 Å². The fraction of sp³-hybridized carbons (Fsp3) is 0.714. The third-order valence-electron chi connectivity index (χ3n) is 0.962. The molecule has 0 aromatic rings. The molecular weight excluding hydrogens is 196 g/mol. The van der Waals surface area contributed by atoms with Crippen LogP contribution in [0.3, 0.4) is 0 Å². The number of rotatable bonds is 6. The molecule has 0 aromatic carbocycles. The van der Waals surface area contributed by atoms with Gasteiger partial charge in [-0.2, -0.15) is 0 Å². The van der Waals surface area contributed by atoms with E-state index in [1.807, 2.05) is 17.7 Å². The quantitative estimate of drug-likeness (QED) is 0.627. The molecule has 1 atom stereocenters. The molecule has 11 heavy (non-hydrogen) atoms. The van der Waals surface area contributed by atoms with E-state index in [1.165, 1.54) is 0 Å². The van der Waals surface area contributed by atoms with Crippen LogP contribution in [0.4, 0.5) is 0 Å². The van der Waals surface area contributed by atoms with Gasteiger partial charge in [0.2, 0.25) is 0 Å². The fourth-order valence-corrected chi connectivity index (χ4v) is 2.46. The van der Waals surface area contributed by atoms with Gasteiger partial charge in [0.05, 0.1) is 0 Å². The molecule has 1 unspecified atom stereocenters. The molecule has 0 N–H and O–H groups in total. The van der Waals surface area contributed by atoms with Crippen LogP contribution in [-0.2, 0) is 10.8 Å². The summed E-state index contributed by atoms with van der Waals surface area (Å²) in [6.07, 6.45) is 5.01. The van der Waals surface area contributed by atoms with Crippen molar-refractivity contribution in [1.29, 1.82) is 0 Å². The Morgan fingerprint density at radius 2 is 2.27 bits per heavy atom. The van der Waals surface area contributed by atoms with Gasteiger partial charge in [-0.15, -0.1) is 0 Å². The van der Waals surface area contributed by atoms with Gasteiger partial charge < -0.3 is 0 Å². The summed E-state index contributed by atoms with van der Waals surface area (Å²) in [5, 5.41) is 2.00. The lowest BCUT2D eigenvalue weighted by Crippen LogP contribution is -1.98. The lowest BCUT2D eigenvalue weighted by atomic mass is 10.6. The summed E-state index contributed by atoms with van der Waals surface area (Å²) in [6.45, 7) is 2.05. The van der Waals surface area contributed by atoms with Gasteiger partial charge in [-0.1, -0.05) is 34.6 Å². The molecule has 0 aliphatic rings. The van der Waals surface area contributed by atoms with Crippen molar-refractivity contribution < 1.29 is 4.21 Å². The van der Waals surface area contributed by atoms with Crippen molar-refractivity contribution in [2.45, 2.75) is 13.3 Å². The van der Waals surface area contributed by atoms with Crippen molar-refractivity contribution in [3.05, 3.63) is 11.5 Å². The molecule has 66 valence electrons. The second-order valence-corrected chi connectivity index (χ2v) is 5.94. The van der Waals surface area contributed by atoms with Crippen molar-refractivity contribution in [2.75, 3.05) is 17.8 Å². The van der Waals surface area contributed by atoms with Crippen molar-refractivity contribution in [2.24, 2.45) is 0 Å². The summed E-state index contributed by atoms with van der Waals surface area (Å²) < 4.78 is 11.1. The Bertz CT molecular complexity index is 134. The molecule has 0 fully saturated rings. The Morgan fingerprint density at radius 3 is 2.82 bits per heavy atom. The molecule has 1 nitrogen and oxygen atoms in total. The van der Waals surface area contributed by atoms with Crippen molar-refractivity contribution in [3.8, 4) is 0 Å². The van der Waals surface area contributed by atoms with Crippen LogP contribution in [0, 0.1) is 0 Å². The normalized spacial score (nSPS) is 14.0. The standard InChI is InChI=1S/C7H14OS3/c1-3-6-11(8)7-4-5-10-9-2/h4-5H,3,6-7H2,1-2H3/b5-4-. The predicted octanol–water partition coefficient (Wildman–Crippen LogP) is 2.67. The molecule has 0 aliphatic heterocycles. The van der Waals surface area contributed by atoms with Crippen LogP contribution in [-0.4, -0.2) is 22.0 Å². The van der Waals surface area contributed by atoms with Crippen LogP contribution in [0.15, 0.2) is 11.5 Å². The lowest BCUT2D eigenvalue weighted by Gasteiger charge is -1.92. The number of hydrogen-bond donors (Lipinski definition) is 0. The second-order valence-electron chi connectivity index (χ2n) is 1.95. The van der Waals surface area contributed by atoms with Gasteiger partial charge in [0, 0.05) is 22.3 Å². The van der Waals surface area contributed by atoms with Crippen LogP contribution >= 0.6 is 21.6 Å². The summed E-state index contributed by atoms with van der Waals surface area (Å²) in [6, 6.07) is 0. The molecule has 0 aromatic heterocycles. The molecular formula is C7H14OS3. The smallest absolute Gasteiger partial charge is 0.0423 e. The van der Waals surface area contributed by atoms with E-state index in [-0.39, 0.29) is 0 Å². The maximum atomic E-state index is 11.1. The zero-order valence-electron chi connectivity index (χ0n) is 6.91. The Balaban J connectivity index is 3.29. The summed E-state index contributed by atoms with van der Waals surface area (Å²) in [5.41, 5.74) is 0. The largest absolute Gasteiger partial charge is 0.259 e. The summed E-state index contributed by atoms with van der Waals surface area (Å²) >= 11 is 0. The molecule has 4 heteroatoms. The molecule has 0 saturated heterocycles. The first-order valence-electron chi connectivity index (χ1n) is 3.50. The molecule has 0 aliphatic carbocycles. The lowest BCUT2D eigenvalue weighted by molar-refractivity contribution is 0.684. The zero-order valence-corrected chi connectivity index (χ0v) is 9.36. The molecule has 0 heterocycles. The second kappa shape index (κ2) is 8.68. The van der Waals surface area contributed by atoms with Gasteiger partial charge in [-0.05, 0) is 18.1 Å². The average molecular weight is 210 g/mol. The van der Waals surface area contributed by atoms with E-state index in [1.54, 1.807) is 21.6 Å². The van der Waals surface area contributed by atoms with E-state index in [2.05, 4.69) is 6.92 Å². The highest BCUT2D eigenvalue weighted by Crippen LogP contribution is 2.17. The first-order chi connectivity index (χ1) is 5.31. The maximum Gasteiger partial charge on any atom is 0.0423 e. The topological polar surface area (TPSA) is 17.1 Å². The first kappa shape index (κ1) is 11.6. The fourth-order valence-electron chi connectivity index (χ4n) is 0.552. The maximum absolute atomic E-state index is 11.1. The van der Waals surface area contributed by atoms with E-state index in [0.29, 0.717) is 5.75 Å². The van der Waals surface area contributed by atoms with E-state index >= 15 is 0 Å². The first-order valence-corrected chi connectivity index (χ1v) is 7.61. The van der Waals surface area contributed by atoms with Gasteiger partial charge in [0.1, 0.15) is 0 Å². The van der Waals surface area contributed by atoms with E-state index in [9.17, 15) is 4.21 Å². The Kier molecular flexibility index (Phi) is 9.15. The summed E-state index contributed by atoms with van der Waals surface area (Å²) in [4.78, 5) is 0. The molecule has 0 bridgehead atoms. The van der Waals surface area contributed by atoms with Crippen molar-refractivity contribution in [3.63, 3.8) is 0 Å². The minimum atomic E-state index is -0.633. The predicted molar refractivity (Wildman–Crippen MR) is 58.4 cm³/mol. The summed E-state index contributed by atoms with van der Waals surface area (Å²) in [7, 11) is 2.73. The molecule has 0 rings (SSSR count). The Labute approximate surface area is 79.3 Å². The van der Waals surface area contributed by atoms with Crippen LogP contribution in [0.5, 0.6) is 0 Å². The van der Waals surface area contributed by atoms with Gasteiger partial charge in [0.25, 0.3) is 0 Å². The minimum absolute atomic E-state index is 0.633. The monoisotopic (exact) mass is 210 g/mol. The Morgan fingerprint density at radius 1 is 1.55 bits per heavy atom. The third-order valence-corrected chi connectivity index (χ3v) is 3.80. The molecule has 0 spiro atoms. The zero-order chi connectivity index (χ0) is 8.53. The highest BCUT2D eigenvalue weighted by molar-refractivity contribution is 8.77. The minimum Gasteiger partial charge on any atom is -0.259 e. The number of hydrogen-bond acceptors (Lipinski definition) is 3. The molecule has 0 radical (unpaired) electrons. The van der Waals surface area contributed by atoms with Crippen molar-refractivity contribution >= 4 is 32.4 Å². The van der Waals surface area contributed by atoms with Gasteiger partial charge in [0.15, 0.2) is 0 Å².